The normalized spacial score (nSPS) is 14.0. The molecule has 1 aliphatic heterocycles. The number of aliphatic imine (C=N–C) groups is 1. The fourth-order valence-electron chi connectivity index (χ4n) is 1.30. The Hall–Kier alpha value is -2.05. The molecule has 0 saturated heterocycles. The van der Waals surface area contributed by atoms with Gasteiger partial charge >= 0.3 is 6.01 Å². The molecule has 16 heavy (non-hydrogen) atoms. The minimum absolute atomic E-state index is 0.267. The average Bonchev–Trinajstić information content (AvgIpc) is 2.82. The van der Waals surface area contributed by atoms with E-state index in [1.54, 1.807) is 6.20 Å². The Morgan fingerprint density at radius 2 is 2.25 bits per heavy atom. The lowest BCUT2D eigenvalue weighted by Crippen LogP contribution is -2.26. The maximum absolute atomic E-state index is 5.12. The molecule has 0 aliphatic carbocycles. The van der Waals surface area contributed by atoms with E-state index in [0.717, 1.165) is 13.1 Å². The fraction of sp³-hybridized carbons (Fsp3) is 0.444. The lowest BCUT2D eigenvalue weighted by Gasteiger charge is -2.10. The van der Waals surface area contributed by atoms with E-state index < -0.39 is 0 Å². The molecule has 0 unspecified atom stereocenters. The van der Waals surface area contributed by atoms with Crippen LogP contribution in [0.15, 0.2) is 11.2 Å². The van der Waals surface area contributed by atoms with E-state index >= 15 is 0 Å². The van der Waals surface area contributed by atoms with Crippen LogP contribution in [0.4, 0.5) is 5.69 Å². The zero-order valence-electron chi connectivity index (χ0n) is 9.15. The summed E-state index contributed by atoms with van der Waals surface area (Å²) in [7, 11) is 3.04. The Kier molecular flexibility index (Phi) is 3.04. The minimum atomic E-state index is 0.267. The van der Waals surface area contributed by atoms with Gasteiger partial charge in [-0.3, -0.25) is 4.99 Å². The maximum atomic E-state index is 5.12. The summed E-state index contributed by atoms with van der Waals surface area (Å²) in [6.45, 7) is 1.60. The van der Waals surface area contributed by atoms with Crippen molar-refractivity contribution in [1.29, 1.82) is 0 Å². The molecule has 1 aromatic rings. The molecule has 0 radical (unpaired) electrons. The zero-order valence-corrected chi connectivity index (χ0v) is 9.15. The Morgan fingerprint density at radius 1 is 1.38 bits per heavy atom. The van der Waals surface area contributed by atoms with Crippen molar-refractivity contribution in [3.63, 3.8) is 0 Å². The Labute approximate surface area is 92.9 Å². The highest BCUT2D eigenvalue weighted by molar-refractivity contribution is 5.95. The van der Waals surface area contributed by atoms with Crippen molar-refractivity contribution in [1.82, 2.24) is 15.3 Å². The molecule has 2 N–H and O–H groups in total. The van der Waals surface area contributed by atoms with Gasteiger partial charge in [0, 0.05) is 6.54 Å². The van der Waals surface area contributed by atoms with Gasteiger partial charge in [-0.2, -0.15) is 4.98 Å². The predicted octanol–water partition coefficient (Wildman–Crippen LogP) is -0.135. The van der Waals surface area contributed by atoms with Crippen molar-refractivity contribution in [2.45, 2.75) is 0 Å². The molecule has 7 nitrogen and oxygen atoms in total. The number of anilines is 1. The second-order valence-corrected chi connectivity index (χ2v) is 3.06. The van der Waals surface area contributed by atoms with Crippen LogP contribution < -0.4 is 20.1 Å². The lowest BCUT2D eigenvalue weighted by molar-refractivity contribution is 0.353. The predicted molar refractivity (Wildman–Crippen MR) is 59.1 cm³/mol. The van der Waals surface area contributed by atoms with Crippen molar-refractivity contribution in [2.24, 2.45) is 4.99 Å². The van der Waals surface area contributed by atoms with Crippen molar-refractivity contribution in [2.75, 3.05) is 32.6 Å². The summed E-state index contributed by atoms with van der Waals surface area (Å²) in [6.07, 6.45) is 1.59. The summed E-state index contributed by atoms with van der Waals surface area (Å²) < 4.78 is 10.0. The number of hydrogen-bond acceptors (Lipinski definition) is 7. The third-order valence-corrected chi connectivity index (χ3v) is 2.03. The number of guanidine groups is 1. The van der Waals surface area contributed by atoms with E-state index in [4.69, 9.17) is 9.47 Å². The van der Waals surface area contributed by atoms with Crippen LogP contribution in [0.1, 0.15) is 0 Å². The van der Waals surface area contributed by atoms with Gasteiger partial charge < -0.3 is 20.1 Å². The van der Waals surface area contributed by atoms with Gasteiger partial charge in [-0.25, -0.2) is 4.98 Å². The molecule has 2 heterocycles. The smallest absolute Gasteiger partial charge is 0.319 e. The van der Waals surface area contributed by atoms with Crippen LogP contribution in [-0.2, 0) is 0 Å². The molecule has 0 saturated carbocycles. The van der Waals surface area contributed by atoms with E-state index in [-0.39, 0.29) is 6.01 Å². The van der Waals surface area contributed by atoms with E-state index in [9.17, 15) is 0 Å². The number of hydrogen-bond donors (Lipinski definition) is 2. The van der Waals surface area contributed by atoms with E-state index in [1.165, 1.54) is 14.2 Å². The van der Waals surface area contributed by atoms with Gasteiger partial charge in [-0.1, -0.05) is 0 Å². The number of methoxy groups -OCH3 is 2. The van der Waals surface area contributed by atoms with Crippen LogP contribution in [0.2, 0.25) is 0 Å². The van der Waals surface area contributed by atoms with Crippen LogP contribution in [0, 0.1) is 0 Å². The summed E-state index contributed by atoms with van der Waals surface area (Å²) in [4.78, 5) is 12.2. The number of nitrogens with one attached hydrogen (secondary N) is 2. The van der Waals surface area contributed by atoms with E-state index in [2.05, 4.69) is 25.6 Å². The van der Waals surface area contributed by atoms with Crippen LogP contribution in [0.5, 0.6) is 11.9 Å². The van der Waals surface area contributed by atoms with Crippen LogP contribution in [0.3, 0.4) is 0 Å². The molecule has 2 rings (SSSR count). The van der Waals surface area contributed by atoms with Crippen LogP contribution >= 0.6 is 0 Å². The number of ether oxygens (including phenoxy) is 2. The van der Waals surface area contributed by atoms with Gasteiger partial charge in [0.1, 0.15) is 5.69 Å². The first-order chi connectivity index (χ1) is 7.83. The quantitative estimate of drug-likeness (QED) is 0.742. The monoisotopic (exact) mass is 223 g/mol. The highest BCUT2D eigenvalue weighted by Gasteiger charge is 2.11. The topological polar surface area (TPSA) is 80.7 Å². The standard InChI is InChI=1S/C9H13N5O2/c1-15-7-6(5-12-9(14-7)16-2)13-8-10-3-4-11-8/h5H,3-4H2,1-2H3,(H2,10,11,13). The van der Waals surface area contributed by atoms with E-state index in [1.807, 2.05) is 0 Å². The second-order valence-electron chi connectivity index (χ2n) is 3.06. The zero-order chi connectivity index (χ0) is 11.4. The molecule has 0 atom stereocenters. The van der Waals surface area contributed by atoms with Gasteiger partial charge in [-0.05, 0) is 0 Å². The largest absolute Gasteiger partial charge is 0.479 e. The van der Waals surface area contributed by atoms with Crippen molar-refractivity contribution < 1.29 is 9.47 Å². The molecule has 0 bridgehead atoms. The molecule has 1 aliphatic rings. The second kappa shape index (κ2) is 4.65. The Balaban J connectivity index is 2.19. The fourth-order valence-corrected chi connectivity index (χ4v) is 1.30. The summed E-state index contributed by atoms with van der Waals surface area (Å²) in [5, 5.41) is 6.13. The van der Waals surface area contributed by atoms with Gasteiger partial charge in [-0.15, -0.1) is 0 Å². The summed E-state index contributed by atoms with van der Waals surface area (Å²) in [5.41, 5.74) is 0.649. The first-order valence-electron chi connectivity index (χ1n) is 4.84. The lowest BCUT2D eigenvalue weighted by atomic mass is 10.5. The molecular weight excluding hydrogens is 210 g/mol. The van der Waals surface area contributed by atoms with Crippen LogP contribution in [0.25, 0.3) is 0 Å². The average molecular weight is 223 g/mol. The number of nitrogens with zero attached hydrogens (tertiary/aromatic N) is 3. The third kappa shape index (κ3) is 2.13. The first-order valence-corrected chi connectivity index (χ1v) is 4.84. The van der Waals surface area contributed by atoms with Gasteiger partial charge in [0.15, 0.2) is 5.96 Å². The summed E-state index contributed by atoms with van der Waals surface area (Å²) >= 11 is 0. The molecule has 7 heteroatoms. The summed E-state index contributed by atoms with van der Waals surface area (Å²) in [6, 6.07) is 0.267. The Morgan fingerprint density at radius 3 is 2.88 bits per heavy atom. The molecule has 0 fully saturated rings. The Bertz CT molecular complexity index is 407. The third-order valence-electron chi connectivity index (χ3n) is 2.03. The summed E-state index contributed by atoms with van der Waals surface area (Å²) in [5.74, 6) is 1.12. The first kappa shape index (κ1) is 10.5. The highest BCUT2D eigenvalue weighted by Crippen LogP contribution is 2.22. The number of aromatic nitrogens is 2. The molecule has 0 amide bonds. The maximum Gasteiger partial charge on any atom is 0.319 e. The van der Waals surface area contributed by atoms with Crippen molar-refractivity contribution in [3.05, 3.63) is 6.20 Å². The van der Waals surface area contributed by atoms with Gasteiger partial charge in [0.05, 0.1) is 27.0 Å². The van der Waals surface area contributed by atoms with Crippen molar-refractivity contribution >= 4 is 11.6 Å². The van der Waals surface area contributed by atoms with E-state index in [0.29, 0.717) is 17.5 Å². The SMILES string of the molecule is COc1ncc(NC2=NCCN2)c(OC)n1. The minimum Gasteiger partial charge on any atom is -0.479 e. The highest BCUT2D eigenvalue weighted by atomic mass is 16.5. The van der Waals surface area contributed by atoms with Crippen molar-refractivity contribution in [3.8, 4) is 11.9 Å². The molecule has 1 aromatic heterocycles. The van der Waals surface area contributed by atoms with Gasteiger partial charge in [0.2, 0.25) is 5.88 Å². The molecular formula is C9H13N5O2. The van der Waals surface area contributed by atoms with Crippen LogP contribution in [-0.4, -0.2) is 43.2 Å². The molecule has 0 aromatic carbocycles. The molecule has 0 spiro atoms. The number of rotatable bonds is 3. The van der Waals surface area contributed by atoms with Gasteiger partial charge in [0.25, 0.3) is 0 Å². The molecule has 86 valence electrons.